The lowest BCUT2D eigenvalue weighted by Crippen LogP contribution is -2.51. The van der Waals surface area contributed by atoms with Gasteiger partial charge in [0.15, 0.2) is 5.83 Å². The van der Waals surface area contributed by atoms with Gasteiger partial charge in [0.2, 0.25) is 0 Å². The number of pyridine rings is 1. The van der Waals surface area contributed by atoms with Crippen molar-refractivity contribution in [3.63, 3.8) is 0 Å². The second-order valence-corrected chi connectivity index (χ2v) is 11.6. The van der Waals surface area contributed by atoms with Crippen LogP contribution in [0.2, 0.25) is 0 Å². The minimum Gasteiger partial charge on any atom is -0.332 e. The Bertz CT molecular complexity index is 1690. The summed E-state index contributed by atoms with van der Waals surface area (Å²) in [4.78, 5) is 17.7. The lowest BCUT2D eigenvalue weighted by Gasteiger charge is -2.39. The Morgan fingerprint density at radius 3 is 2.44 bits per heavy atom. The molecule has 0 N–H and O–H groups in total. The number of aromatic nitrogens is 5. The lowest BCUT2D eigenvalue weighted by molar-refractivity contribution is -0.137. The smallest absolute Gasteiger partial charge is 0.332 e. The number of likely N-dealkylation sites (tertiary alicyclic amines) is 1. The molecule has 1 aliphatic heterocycles. The van der Waals surface area contributed by atoms with Gasteiger partial charge in [0.25, 0.3) is 5.91 Å². The van der Waals surface area contributed by atoms with Gasteiger partial charge in [-0.3, -0.25) is 19.1 Å². The van der Waals surface area contributed by atoms with Crippen molar-refractivity contribution in [2.75, 3.05) is 25.1 Å². The topological polar surface area (TPSA) is 103 Å². The number of sulfone groups is 1. The highest BCUT2D eigenvalue weighted by atomic mass is 32.2. The number of nitrogens with zero attached hydrogens (tertiary/aromatic N) is 6. The number of carbonyl (C=O) groups excluding carboxylic acids is 1. The monoisotopic (exact) mass is 562 g/mol. The molecular formula is C25H22F4N6O3S. The number of halogens is 4. The van der Waals surface area contributed by atoms with Gasteiger partial charge in [0.1, 0.15) is 21.0 Å². The van der Waals surface area contributed by atoms with E-state index in [4.69, 9.17) is 0 Å². The molecule has 0 saturated carbocycles. The van der Waals surface area contributed by atoms with Crippen molar-refractivity contribution in [1.82, 2.24) is 29.4 Å². The van der Waals surface area contributed by atoms with Crippen LogP contribution in [0.25, 0.3) is 33.4 Å². The van der Waals surface area contributed by atoms with Crippen molar-refractivity contribution in [1.29, 1.82) is 0 Å². The van der Waals surface area contributed by atoms with Crippen molar-refractivity contribution in [2.45, 2.75) is 18.8 Å². The largest absolute Gasteiger partial charge is 0.416 e. The van der Waals surface area contributed by atoms with E-state index in [0.717, 1.165) is 18.4 Å². The molecule has 0 atom stereocenters. The molecule has 1 aromatic carbocycles. The van der Waals surface area contributed by atoms with Gasteiger partial charge in [-0.25, -0.2) is 12.8 Å². The average molecular weight is 563 g/mol. The van der Waals surface area contributed by atoms with Gasteiger partial charge in [0, 0.05) is 48.4 Å². The molecule has 1 saturated heterocycles. The summed E-state index contributed by atoms with van der Waals surface area (Å²) in [6.07, 6.45) is 1.42. The number of rotatable bonds is 7. The zero-order valence-electron chi connectivity index (χ0n) is 20.6. The molecule has 14 heteroatoms. The fourth-order valence-electron chi connectivity index (χ4n) is 4.40. The van der Waals surface area contributed by atoms with Gasteiger partial charge >= 0.3 is 6.18 Å². The first-order chi connectivity index (χ1) is 18.3. The standard InChI is InChI=1S/C25H22F4N6O3S/c1-15(26)24(36)33-13-19(14-33)35-23-20(17-11-31-34(12-17)9-10-39(2,37)38)7-8-30-22(23)21(32-35)16-3-5-18(6-4-16)25(27,28)29/h3-8,11-12,19H,1,9-10,13-14H2,2H3. The highest BCUT2D eigenvalue weighted by Gasteiger charge is 2.36. The van der Waals surface area contributed by atoms with Crippen molar-refractivity contribution in [3.8, 4) is 22.4 Å². The molecule has 4 aromatic rings. The van der Waals surface area contributed by atoms with E-state index in [0.29, 0.717) is 33.4 Å². The Labute approximate surface area is 220 Å². The second kappa shape index (κ2) is 9.59. The highest BCUT2D eigenvalue weighted by Crippen LogP contribution is 2.38. The Morgan fingerprint density at radius 1 is 1.13 bits per heavy atom. The van der Waals surface area contributed by atoms with E-state index in [1.165, 1.54) is 27.9 Å². The van der Waals surface area contributed by atoms with Crippen molar-refractivity contribution in [3.05, 3.63) is 66.9 Å². The van der Waals surface area contributed by atoms with Crippen LogP contribution in [-0.2, 0) is 27.4 Å². The molecule has 204 valence electrons. The fourth-order valence-corrected chi connectivity index (χ4v) is 4.92. The van der Waals surface area contributed by atoms with Crippen LogP contribution in [0.1, 0.15) is 11.6 Å². The lowest BCUT2D eigenvalue weighted by atomic mass is 10.0. The predicted molar refractivity (Wildman–Crippen MR) is 135 cm³/mol. The number of amides is 1. The third kappa shape index (κ3) is 5.28. The van der Waals surface area contributed by atoms with Gasteiger partial charge in [0.05, 0.1) is 35.6 Å². The maximum atomic E-state index is 13.4. The molecule has 1 aliphatic rings. The Hall–Kier alpha value is -4.07. The van der Waals surface area contributed by atoms with Gasteiger partial charge < -0.3 is 4.90 Å². The van der Waals surface area contributed by atoms with Crippen molar-refractivity contribution >= 4 is 26.8 Å². The quantitative estimate of drug-likeness (QED) is 0.250. The molecular weight excluding hydrogens is 540 g/mol. The molecule has 0 aliphatic carbocycles. The Kier molecular flexibility index (Phi) is 6.53. The normalized spacial score (nSPS) is 14.5. The summed E-state index contributed by atoms with van der Waals surface area (Å²) in [5.74, 6) is -1.99. The summed E-state index contributed by atoms with van der Waals surface area (Å²) in [6, 6.07) is 5.92. The number of hydrogen-bond donors (Lipinski definition) is 0. The molecule has 1 amide bonds. The number of alkyl halides is 3. The minimum atomic E-state index is -4.50. The predicted octanol–water partition coefficient (Wildman–Crippen LogP) is 3.89. The third-order valence-corrected chi connectivity index (χ3v) is 7.36. The number of benzene rings is 1. The number of hydrogen-bond acceptors (Lipinski definition) is 6. The number of carbonyl (C=O) groups is 1. The molecule has 0 spiro atoms. The molecule has 0 bridgehead atoms. The van der Waals surface area contributed by atoms with E-state index in [-0.39, 0.29) is 31.4 Å². The first-order valence-corrected chi connectivity index (χ1v) is 13.8. The summed E-state index contributed by atoms with van der Waals surface area (Å²) in [6.45, 7) is 3.48. The van der Waals surface area contributed by atoms with Crippen LogP contribution in [0, 0.1) is 0 Å². The summed E-state index contributed by atoms with van der Waals surface area (Å²) < 4.78 is 79.0. The van der Waals surface area contributed by atoms with Crippen LogP contribution >= 0.6 is 0 Å². The SMILES string of the molecule is C=C(F)C(=O)N1CC(n2nc(-c3ccc(C(F)(F)F)cc3)c3nccc(-c4cnn(CCS(C)(=O)=O)c4)c32)C1. The molecule has 0 radical (unpaired) electrons. The first-order valence-electron chi connectivity index (χ1n) is 11.7. The molecule has 9 nitrogen and oxygen atoms in total. The van der Waals surface area contributed by atoms with E-state index >= 15 is 0 Å². The van der Waals surface area contributed by atoms with Crippen LogP contribution in [0.15, 0.2) is 61.3 Å². The highest BCUT2D eigenvalue weighted by molar-refractivity contribution is 7.90. The maximum Gasteiger partial charge on any atom is 0.416 e. The van der Waals surface area contributed by atoms with Gasteiger partial charge in [-0.05, 0) is 18.2 Å². The summed E-state index contributed by atoms with van der Waals surface area (Å²) >= 11 is 0. The molecule has 5 rings (SSSR count). The van der Waals surface area contributed by atoms with Crippen LogP contribution < -0.4 is 0 Å². The second-order valence-electron chi connectivity index (χ2n) is 9.31. The van der Waals surface area contributed by atoms with Gasteiger partial charge in [-0.15, -0.1) is 0 Å². The van der Waals surface area contributed by atoms with E-state index < -0.39 is 33.3 Å². The molecule has 1 fully saturated rings. The Morgan fingerprint density at radius 2 is 1.82 bits per heavy atom. The van der Waals surface area contributed by atoms with Crippen LogP contribution in [0.3, 0.4) is 0 Å². The van der Waals surface area contributed by atoms with Crippen LogP contribution in [0.4, 0.5) is 17.6 Å². The maximum absolute atomic E-state index is 13.4. The van der Waals surface area contributed by atoms with Crippen molar-refractivity contribution in [2.24, 2.45) is 0 Å². The van der Waals surface area contributed by atoms with Gasteiger partial charge in [-0.2, -0.15) is 23.4 Å². The van der Waals surface area contributed by atoms with E-state index in [1.807, 2.05) is 0 Å². The number of fused-ring (bicyclic) bond motifs is 1. The van der Waals surface area contributed by atoms with Gasteiger partial charge in [-0.1, -0.05) is 18.7 Å². The zero-order chi connectivity index (χ0) is 28.1. The average Bonchev–Trinajstić information content (AvgIpc) is 3.46. The summed E-state index contributed by atoms with van der Waals surface area (Å²) in [7, 11) is -3.20. The molecule has 0 unspecified atom stereocenters. The fraction of sp³-hybridized carbons (Fsp3) is 0.280. The molecule has 4 heterocycles. The van der Waals surface area contributed by atoms with E-state index in [9.17, 15) is 30.8 Å². The zero-order valence-corrected chi connectivity index (χ0v) is 21.4. The minimum absolute atomic E-state index is 0.0956. The Balaban J connectivity index is 1.59. The first kappa shape index (κ1) is 26.5. The van der Waals surface area contributed by atoms with Crippen LogP contribution in [-0.4, -0.2) is 68.9 Å². The number of aryl methyl sites for hydroxylation is 1. The third-order valence-electron chi connectivity index (χ3n) is 6.43. The van der Waals surface area contributed by atoms with E-state index in [2.05, 4.69) is 21.8 Å². The molecule has 3 aromatic heterocycles. The summed E-state index contributed by atoms with van der Waals surface area (Å²) in [5, 5.41) is 8.94. The summed E-state index contributed by atoms with van der Waals surface area (Å²) in [5.41, 5.74) is 2.19. The van der Waals surface area contributed by atoms with Crippen LogP contribution in [0.5, 0.6) is 0 Å². The molecule has 39 heavy (non-hydrogen) atoms. The van der Waals surface area contributed by atoms with E-state index in [1.54, 1.807) is 23.1 Å². The van der Waals surface area contributed by atoms with Crippen molar-refractivity contribution < 1.29 is 30.8 Å².